The van der Waals surface area contributed by atoms with Crippen LogP contribution >= 0.6 is 0 Å². The van der Waals surface area contributed by atoms with Crippen molar-refractivity contribution in [2.75, 3.05) is 13.2 Å². The predicted molar refractivity (Wildman–Crippen MR) is 270 cm³/mol. The first-order valence-corrected chi connectivity index (χ1v) is 27.8. The van der Waals surface area contributed by atoms with E-state index in [2.05, 4.69) is 45.1 Å². The molecular formula is C57H106O6. The van der Waals surface area contributed by atoms with Crippen LogP contribution in [0.2, 0.25) is 0 Å². The second-order valence-corrected chi connectivity index (χ2v) is 18.9. The summed E-state index contributed by atoms with van der Waals surface area (Å²) in [4.78, 5) is 38.0. The number of rotatable bonds is 51. The quantitative estimate of drug-likeness (QED) is 0.0262. The lowest BCUT2D eigenvalue weighted by Gasteiger charge is -2.18. The lowest BCUT2D eigenvalue weighted by molar-refractivity contribution is -0.167. The fraction of sp³-hybridized carbons (Fsp3) is 0.877. The van der Waals surface area contributed by atoms with Gasteiger partial charge >= 0.3 is 17.9 Å². The molecule has 0 aromatic carbocycles. The van der Waals surface area contributed by atoms with Gasteiger partial charge in [0.2, 0.25) is 0 Å². The maximum Gasteiger partial charge on any atom is 0.306 e. The number of hydrogen-bond acceptors (Lipinski definition) is 6. The van der Waals surface area contributed by atoms with E-state index >= 15 is 0 Å². The van der Waals surface area contributed by atoms with Crippen LogP contribution in [0.1, 0.15) is 303 Å². The van der Waals surface area contributed by atoms with Crippen molar-refractivity contribution in [1.29, 1.82) is 0 Å². The van der Waals surface area contributed by atoms with E-state index in [1.54, 1.807) is 0 Å². The van der Waals surface area contributed by atoms with Crippen LogP contribution < -0.4 is 0 Å². The molecule has 0 aliphatic rings. The summed E-state index contributed by atoms with van der Waals surface area (Å²) in [5.41, 5.74) is 0. The number of unbranched alkanes of at least 4 members (excludes halogenated alkanes) is 36. The summed E-state index contributed by atoms with van der Waals surface area (Å²) in [6.07, 6.45) is 60.3. The first kappa shape index (κ1) is 60.9. The van der Waals surface area contributed by atoms with E-state index in [9.17, 15) is 14.4 Å². The van der Waals surface area contributed by atoms with Crippen LogP contribution in [0.3, 0.4) is 0 Å². The maximum atomic E-state index is 12.8. The topological polar surface area (TPSA) is 78.9 Å². The number of allylic oxidation sites excluding steroid dienone is 4. The van der Waals surface area contributed by atoms with Gasteiger partial charge in [-0.2, -0.15) is 0 Å². The second kappa shape index (κ2) is 52.5. The largest absolute Gasteiger partial charge is 0.462 e. The zero-order valence-electron chi connectivity index (χ0n) is 42.4. The molecule has 0 radical (unpaired) electrons. The van der Waals surface area contributed by atoms with Crippen LogP contribution in [0.25, 0.3) is 0 Å². The summed E-state index contributed by atoms with van der Waals surface area (Å²) in [6, 6.07) is 0. The standard InChI is InChI=1S/C57H106O6/c1-4-7-10-13-16-19-21-23-25-27-28-30-31-33-35-38-41-44-47-50-56(59)62-53-54(52-61-55(58)49-46-43-40-37-18-15-12-9-6-3)63-57(60)51-48-45-42-39-36-34-32-29-26-24-22-20-17-14-11-8-5-2/h17,20,24,26,54H,4-16,18-19,21-23,25,27-53H2,1-3H3/b20-17-,26-24-/t54-/m1/s1. The Bertz CT molecular complexity index is 1020. The minimum Gasteiger partial charge on any atom is -0.462 e. The molecule has 0 aromatic rings. The molecule has 0 aliphatic carbocycles. The van der Waals surface area contributed by atoms with E-state index in [1.165, 1.54) is 193 Å². The van der Waals surface area contributed by atoms with E-state index < -0.39 is 6.10 Å². The van der Waals surface area contributed by atoms with Crippen molar-refractivity contribution in [1.82, 2.24) is 0 Å². The monoisotopic (exact) mass is 887 g/mol. The molecule has 0 fully saturated rings. The van der Waals surface area contributed by atoms with Gasteiger partial charge in [-0.15, -0.1) is 0 Å². The summed E-state index contributed by atoms with van der Waals surface area (Å²) < 4.78 is 16.8. The molecule has 0 spiro atoms. The minimum atomic E-state index is -0.769. The molecule has 6 heteroatoms. The van der Waals surface area contributed by atoms with Crippen LogP contribution in [0.15, 0.2) is 24.3 Å². The molecule has 370 valence electrons. The molecular weight excluding hydrogens is 781 g/mol. The van der Waals surface area contributed by atoms with Gasteiger partial charge in [-0.1, -0.05) is 257 Å². The molecule has 0 N–H and O–H groups in total. The molecule has 6 nitrogen and oxygen atoms in total. The lowest BCUT2D eigenvalue weighted by Crippen LogP contribution is -2.30. The van der Waals surface area contributed by atoms with E-state index in [4.69, 9.17) is 14.2 Å². The Balaban J connectivity index is 4.25. The predicted octanol–water partition coefficient (Wildman–Crippen LogP) is 18.3. The van der Waals surface area contributed by atoms with E-state index in [-0.39, 0.29) is 31.1 Å². The van der Waals surface area contributed by atoms with Gasteiger partial charge < -0.3 is 14.2 Å². The fourth-order valence-electron chi connectivity index (χ4n) is 8.24. The summed E-state index contributed by atoms with van der Waals surface area (Å²) in [5, 5.41) is 0. The Morgan fingerprint density at radius 1 is 0.317 bits per heavy atom. The maximum absolute atomic E-state index is 12.8. The van der Waals surface area contributed by atoms with Gasteiger partial charge in [-0.25, -0.2) is 0 Å². The molecule has 0 unspecified atom stereocenters. The number of esters is 3. The van der Waals surface area contributed by atoms with Crippen LogP contribution in [0.4, 0.5) is 0 Å². The van der Waals surface area contributed by atoms with Crippen LogP contribution in [-0.4, -0.2) is 37.2 Å². The highest BCUT2D eigenvalue weighted by atomic mass is 16.6. The molecule has 0 amide bonds. The normalized spacial score (nSPS) is 12.1. The van der Waals surface area contributed by atoms with Gasteiger partial charge in [0.15, 0.2) is 6.10 Å². The third-order valence-electron chi connectivity index (χ3n) is 12.5. The lowest BCUT2D eigenvalue weighted by atomic mass is 10.0. The molecule has 0 heterocycles. The highest BCUT2D eigenvalue weighted by Gasteiger charge is 2.19. The zero-order chi connectivity index (χ0) is 45.8. The van der Waals surface area contributed by atoms with Crippen molar-refractivity contribution < 1.29 is 28.6 Å². The molecule has 0 rings (SSSR count). The summed E-state index contributed by atoms with van der Waals surface area (Å²) in [7, 11) is 0. The molecule has 0 saturated carbocycles. The Morgan fingerprint density at radius 2 is 0.571 bits per heavy atom. The van der Waals surface area contributed by atoms with Gasteiger partial charge in [0.05, 0.1) is 0 Å². The number of carbonyl (C=O) groups excluding carboxylic acids is 3. The van der Waals surface area contributed by atoms with Crippen molar-refractivity contribution in [2.24, 2.45) is 0 Å². The van der Waals surface area contributed by atoms with Crippen LogP contribution in [-0.2, 0) is 28.6 Å². The first-order valence-electron chi connectivity index (χ1n) is 27.8. The number of carbonyl (C=O) groups is 3. The number of ether oxygens (including phenoxy) is 3. The van der Waals surface area contributed by atoms with Gasteiger partial charge in [-0.05, 0) is 51.4 Å². The molecule has 1 atom stereocenters. The van der Waals surface area contributed by atoms with Crippen molar-refractivity contribution in [3.63, 3.8) is 0 Å². The van der Waals surface area contributed by atoms with Gasteiger partial charge in [0.1, 0.15) is 13.2 Å². The minimum absolute atomic E-state index is 0.0695. The Labute approximate surface area is 392 Å². The van der Waals surface area contributed by atoms with Gasteiger partial charge in [0.25, 0.3) is 0 Å². The number of hydrogen-bond donors (Lipinski definition) is 0. The smallest absolute Gasteiger partial charge is 0.306 e. The Morgan fingerprint density at radius 3 is 0.905 bits per heavy atom. The molecule has 0 bridgehead atoms. The highest BCUT2D eigenvalue weighted by Crippen LogP contribution is 2.17. The average molecular weight is 887 g/mol. The summed E-state index contributed by atoms with van der Waals surface area (Å²) in [5.74, 6) is -0.862. The van der Waals surface area contributed by atoms with Crippen LogP contribution in [0.5, 0.6) is 0 Å². The molecule has 0 aromatic heterocycles. The van der Waals surface area contributed by atoms with E-state index in [0.29, 0.717) is 19.3 Å². The third-order valence-corrected chi connectivity index (χ3v) is 12.5. The van der Waals surface area contributed by atoms with Crippen molar-refractivity contribution in [3.8, 4) is 0 Å². The van der Waals surface area contributed by atoms with Gasteiger partial charge in [0, 0.05) is 19.3 Å². The molecule has 0 saturated heterocycles. The van der Waals surface area contributed by atoms with Crippen molar-refractivity contribution >= 4 is 17.9 Å². The van der Waals surface area contributed by atoms with Crippen molar-refractivity contribution in [2.45, 2.75) is 309 Å². The summed E-state index contributed by atoms with van der Waals surface area (Å²) >= 11 is 0. The van der Waals surface area contributed by atoms with Crippen molar-refractivity contribution in [3.05, 3.63) is 24.3 Å². The van der Waals surface area contributed by atoms with E-state index in [0.717, 1.165) is 70.6 Å². The molecule has 0 aliphatic heterocycles. The second-order valence-electron chi connectivity index (χ2n) is 18.9. The van der Waals surface area contributed by atoms with E-state index in [1.807, 2.05) is 0 Å². The molecule has 63 heavy (non-hydrogen) atoms. The van der Waals surface area contributed by atoms with Gasteiger partial charge in [-0.3, -0.25) is 14.4 Å². The Hall–Kier alpha value is -2.11. The zero-order valence-corrected chi connectivity index (χ0v) is 42.4. The average Bonchev–Trinajstić information content (AvgIpc) is 3.28. The highest BCUT2D eigenvalue weighted by molar-refractivity contribution is 5.71. The Kier molecular flexibility index (Phi) is 50.8. The summed E-state index contributed by atoms with van der Waals surface area (Å²) in [6.45, 7) is 6.63. The SMILES string of the molecule is CCCCC/C=C\C/C=C\CCCCCCCCCC(=O)O[C@H](COC(=O)CCCCCCCCCCC)COC(=O)CCCCCCCCCCCCCCCCCCCCC. The van der Waals surface area contributed by atoms with Crippen LogP contribution in [0, 0.1) is 0 Å². The first-order chi connectivity index (χ1) is 31.0. The third kappa shape index (κ3) is 50.7. The fourth-order valence-corrected chi connectivity index (χ4v) is 8.24.